The van der Waals surface area contributed by atoms with Crippen LogP contribution in [-0.4, -0.2) is 93.6 Å². The standard InChI is InChI=1S/C5H12N2.3C5H11N2.C4H9.4Li/c4*1-5(2)6-7(3)4;1-3-4-2;;;;/h1-4H3;3*1H2,2-4H3;1,3-4H2,2H3;;;;/q;4*-1;4*+1/b;6-5+;6-5-;;;;;;. The second kappa shape index (κ2) is 45.0. The quantitative estimate of drug-likeness (QED) is 0.164. The maximum Gasteiger partial charge on any atom is 1.00 e. The Morgan fingerprint density at radius 2 is 0.917 bits per heavy atom. The molecule has 0 aliphatic carbocycles. The first kappa shape index (κ1) is 60.5. The number of hydrogen-bond acceptors (Lipinski definition) is 7. The Morgan fingerprint density at radius 3 is 0.917 bits per heavy atom. The summed E-state index contributed by atoms with van der Waals surface area (Å²) in [6.07, 6.45) is 2.28. The monoisotopic (exact) mass is 483 g/mol. The van der Waals surface area contributed by atoms with Gasteiger partial charge in [-0.2, -0.15) is 17.2 Å². The molecule has 0 aromatic heterocycles. The molecule has 0 heterocycles. The number of hydrazone groups is 3. The van der Waals surface area contributed by atoms with Gasteiger partial charge >= 0.3 is 75.4 Å². The van der Waals surface area contributed by atoms with Gasteiger partial charge in [-0.25, -0.2) is 10.2 Å². The van der Waals surface area contributed by atoms with Gasteiger partial charge in [-0.15, -0.1) is 18.0 Å². The Hall–Kier alpha value is 0.0396. The van der Waals surface area contributed by atoms with Crippen molar-refractivity contribution in [2.24, 2.45) is 15.3 Å². The van der Waals surface area contributed by atoms with Crippen LogP contribution in [0.5, 0.6) is 0 Å². The second-order valence-electron chi connectivity index (χ2n) is 7.80. The van der Waals surface area contributed by atoms with Crippen LogP contribution in [0, 0.1) is 20.8 Å². The van der Waals surface area contributed by atoms with Crippen molar-refractivity contribution in [1.82, 2.24) is 20.0 Å². The predicted octanol–water partition coefficient (Wildman–Crippen LogP) is -6.53. The molecule has 0 fully saturated rings. The van der Waals surface area contributed by atoms with Gasteiger partial charge in [-0.3, -0.25) is 0 Å². The fourth-order valence-electron chi connectivity index (χ4n) is 1.42. The van der Waals surface area contributed by atoms with Crippen LogP contribution in [0.15, 0.2) is 27.6 Å². The predicted molar refractivity (Wildman–Crippen MR) is 149 cm³/mol. The first-order chi connectivity index (χ1) is 14.4. The van der Waals surface area contributed by atoms with Crippen molar-refractivity contribution in [3.63, 3.8) is 0 Å². The van der Waals surface area contributed by atoms with Crippen molar-refractivity contribution < 1.29 is 75.4 Å². The van der Waals surface area contributed by atoms with Gasteiger partial charge in [-0.05, 0) is 27.9 Å². The van der Waals surface area contributed by atoms with Gasteiger partial charge in [0.1, 0.15) is 0 Å². The van der Waals surface area contributed by atoms with E-state index >= 15 is 0 Å². The summed E-state index contributed by atoms with van der Waals surface area (Å²) in [6.45, 7) is 26.0. The molecule has 194 valence electrons. The molecule has 0 unspecified atom stereocenters. The number of allylic oxidation sites excluding steroid dienone is 1. The summed E-state index contributed by atoms with van der Waals surface area (Å²) in [7, 11) is 15.0. The van der Waals surface area contributed by atoms with Crippen molar-refractivity contribution in [3.8, 4) is 0 Å². The van der Waals surface area contributed by atoms with Crippen molar-refractivity contribution in [3.05, 3.63) is 38.5 Å². The van der Waals surface area contributed by atoms with Gasteiger partial charge in [0.25, 0.3) is 0 Å². The minimum atomic E-state index is 0. The molecule has 36 heavy (non-hydrogen) atoms. The van der Waals surface area contributed by atoms with E-state index in [1.54, 1.807) is 20.0 Å². The third-order valence-corrected chi connectivity index (χ3v) is 1.87. The van der Waals surface area contributed by atoms with Crippen molar-refractivity contribution >= 4 is 17.1 Å². The first-order valence-corrected chi connectivity index (χ1v) is 10.5. The second-order valence-corrected chi connectivity index (χ2v) is 7.80. The molecule has 12 heteroatoms. The molecule has 0 N–H and O–H groups in total. The Morgan fingerprint density at radius 1 is 0.667 bits per heavy atom. The molecule has 0 rings (SSSR count). The van der Waals surface area contributed by atoms with Crippen molar-refractivity contribution in [2.75, 3.05) is 56.4 Å². The molecule has 0 atom stereocenters. The van der Waals surface area contributed by atoms with E-state index in [0.29, 0.717) is 0 Å². The van der Waals surface area contributed by atoms with Gasteiger partial charge in [0.05, 0.1) is 0 Å². The molecular weight excluding hydrogens is 428 g/mol. The van der Waals surface area contributed by atoms with E-state index in [1.807, 2.05) is 91.0 Å². The molecule has 0 saturated carbocycles. The summed E-state index contributed by atoms with van der Waals surface area (Å²) >= 11 is 0. The molecule has 0 aromatic carbocycles. The van der Waals surface area contributed by atoms with Crippen LogP contribution in [0.1, 0.15) is 54.4 Å². The maximum atomic E-state index is 4.03. The average Bonchev–Trinajstić information content (AvgIpc) is 2.51. The Balaban J connectivity index is -0.0000000355. The van der Waals surface area contributed by atoms with Crippen molar-refractivity contribution in [2.45, 2.75) is 54.4 Å². The Bertz CT molecular complexity index is 442. The molecular formula is C24H54Li4N8. The largest absolute Gasteiger partial charge is 1.00 e. The van der Waals surface area contributed by atoms with Crippen molar-refractivity contribution in [1.29, 1.82) is 0 Å². The third-order valence-electron chi connectivity index (χ3n) is 1.87. The zero-order valence-electron chi connectivity index (χ0n) is 27.8. The van der Waals surface area contributed by atoms with Crippen LogP contribution in [-0.2, 0) is 0 Å². The SMILES string of the molecule is C=C(C)[N-]N(C)C.CC(C)=NN(C)C.[CH2-]/C(C)=N/N(C)C.[CH2-]/C(C)=N\N(C)C.[CH2-]CCC.[Li+].[Li+].[Li+].[Li+]. The van der Waals surface area contributed by atoms with Gasteiger partial charge in [0.2, 0.25) is 0 Å². The van der Waals surface area contributed by atoms with E-state index in [1.165, 1.54) is 6.42 Å². The minimum Gasteiger partial charge on any atom is -0.624 e. The molecule has 0 aliphatic rings. The molecule has 0 aliphatic heterocycles. The van der Waals surface area contributed by atoms with E-state index < -0.39 is 0 Å². The summed E-state index contributed by atoms with van der Waals surface area (Å²) in [5, 5.41) is 18.8. The van der Waals surface area contributed by atoms with Crippen LogP contribution in [0.2, 0.25) is 0 Å². The fourth-order valence-corrected chi connectivity index (χ4v) is 1.42. The van der Waals surface area contributed by atoms with E-state index in [2.05, 4.69) is 55.0 Å². The number of rotatable bonds is 6. The molecule has 0 saturated heterocycles. The molecule has 0 aromatic rings. The maximum absolute atomic E-state index is 4.03. The summed E-state index contributed by atoms with van der Waals surface area (Å²) in [6, 6.07) is 0. The van der Waals surface area contributed by atoms with E-state index in [0.717, 1.165) is 29.3 Å². The average molecular weight is 483 g/mol. The van der Waals surface area contributed by atoms with Crippen LogP contribution in [0.4, 0.5) is 0 Å². The number of hydrogen-bond donors (Lipinski definition) is 0. The molecule has 0 amide bonds. The Kier molecular flexibility index (Phi) is 75.6. The summed E-state index contributed by atoms with van der Waals surface area (Å²) < 4.78 is 0. The Labute approximate surface area is 275 Å². The van der Waals surface area contributed by atoms with Gasteiger partial charge in [0.15, 0.2) is 0 Å². The van der Waals surface area contributed by atoms with Gasteiger partial charge in [-0.1, -0.05) is 34.1 Å². The van der Waals surface area contributed by atoms with Crippen LogP contribution in [0.25, 0.3) is 5.43 Å². The van der Waals surface area contributed by atoms with Crippen LogP contribution < -0.4 is 75.4 Å². The van der Waals surface area contributed by atoms with Gasteiger partial charge < -0.3 is 46.2 Å². The van der Waals surface area contributed by atoms with E-state index in [-0.39, 0.29) is 75.4 Å². The molecule has 0 spiro atoms. The van der Waals surface area contributed by atoms with Crippen LogP contribution >= 0.6 is 0 Å². The number of unbranched alkanes of at least 4 members (excludes halogenated alkanes) is 1. The minimum absolute atomic E-state index is 0. The van der Waals surface area contributed by atoms with E-state index in [9.17, 15) is 0 Å². The summed E-state index contributed by atoms with van der Waals surface area (Å²) in [4.78, 5) is 0. The van der Waals surface area contributed by atoms with E-state index in [4.69, 9.17) is 0 Å². The summed E-state index contributed by atoms with van der Waals surface area (Å²) in [5.74, 6) is 0. The van der Waals surface area contributed by atoms with Crippen LogP contribution in [0.3, 0.4) is 0 Å². The molecule has 0 bridgehead atoms. The number of nitrogens with zero attached hydrogens (tertiary/aromatic N) is 8. The fraction of sp³-hybridized carbons (Fsp3) is 0.667. The zero-order chi connectivity index (χ0) is 26.9. The van der Waals surface area contributed by atoms with Gasteiger partial charge in [0, 0.05) is 48.0 Å². The third kappa shape index (κ3) is 128. The first-order valence-electron chi connectivity index (χ1n) is 10.5. The topological polar surface area (TPSA) is 64.1 Å². The normalized spacial score (nSPS) is 8.67. The zero-order valence-corrected chi connectivity index (χ0v) is 27.8. The summed E-state index contributed by atoms with van der Waals surface area (Å²) in [5.41, 5.74) is 7.52. The molecule has 8 nitrogen and oxygen atoms in total. The molecule has 0 radical (unpaired) electrons. The smallest absolute Gasteiger partial charge is 0.624 e.